The number of nitriles is 1. The lowest BCUT2D eigenvalue weighted by Gasteiger charge is -2.22. The summed E-state index contributed by atoms with van der Waals surface area (Å²) in [5.41, 5.74) is 10.6. The first kappa shape index (κ1) is 18.6. The summed E-state index contributed by atoms with van der Waals surface area (Å²) in [5, 5.41) is 17.0. The van der Waals surface area contributed by atoms with Gasteiger partial charge in [0.2, 0.25) is 11.8 Å². The van der Waals surface area contributed by atoms with Crippen molar-refractivity contribution in [3.8, 4) is 29.0 Å². The fourth-order valence-electron chi connectivity index (χ4n) is 3.70. The van der Waals surface area contributed by atoms with E-state index < -0.39 is 5.92 Å². The standard InChI is InChI=1S/C24H18N4O3/c25-12-19-20(17-10-11-29-14-17)21-22(27-28-24(21)31-23(19)26)16-6-8-18(9-7-16)30-13-15-4-2-1-3-5-15/h1-11,14,20H,13,26H2,(H,27,28)/t20-/m0/s1. The van der Waals surface area contributed by atoms with Gasteiger partial charge in [-0.2, -0.15) is 5.26 Å². The van der Waals surface area contributed by atoms with E-state index in [2.05, 4.69) is 16.3 Å². The van der Waals surface area contributed by atoms with Crippen LogP contribution in [-0.2, 0) is 6.61 Å². The molecule has 31 heavy (non-hydrogen) atoms. The summed E-state index contributed by atoms with van der Waals surface area (Å²) in [6.07, 6.45) is 3.16. The highest BCUT2D eigenvalue weighted by Gasteiger charge is 2.36. The van der Waals surface area contributed by atoms with E-state index in [9.17, 15) is 5.26 Å². The Balaban J connectivity index is 1.46. The molecule has 0 fully saturated rings. The van der Waals surface area contributed by atoms with Crippen molar-refractivity contribution in [2.45, 2.75) is 12.5 Å². The van der Waals surface area contributed by atoms with Crippen LogP contribution in [-0.4, -0.2) is 10.2 Å². The predicted octanol–water partition coefficient (Wildman–Crippen LogP) is 4.47. The number of aromatic nitrogens is 2. The topological polar surface area (TPSA) is 110 Å². The third kappa shape index (κ3) is 3.40. The van der Waals surface area contributed by atoms with E-state index in [-0.39, 0.29) is 5.88 Å². The summed E-state index contributed by atoms with van der Waals surface area (Å²) in [5.74, 6) is 0.715. The first-order valence-electron chi connectivity index (χ1n) is 9.69. The number of H-pyrrole nitrogens is 1. The fourth-order valence-corrected chi connectivity index (χ4v) is 3.70. The van der Waals surface area contributed by atoms with Gasteiger partial charge in [-0.25, -0.2) is 0 Å². The van der Waals surface area contributed by atoms with E-state index in [1.807, 2.05) is 60.7 Å². The first-order chi connectivity index (χ1) is 15.2. The molecule has 5 rings (SSSR count). The number of nitrogens with two attached hydrogens (primary N) is 1. The Kier molecular flexibility index (Phi) is 4.65. The van der Waals surface area contributed by atoms with E-state index >= 15 is 0 Å². The van der Waals surface area contributed by atoms with Gasteiger partial charge in [0, 0.05) is 11.1 Å². The molecule has 0 saturated carbocycles. The van der Waals surface area contributed by atoms with E-state index in [0.717, 1.165) is 33.7 Å². The van der Waals surface area contributed by atoms with Crippen molar-refractivity contribution in [3.05, 3.63) is 101 Å². The zero-order chi connectivity index (χ0) is 21.2. The molecule has 0 radical (unpaired) electrons. The van der Waals surface area contributed by atoms with Gasteiger partial charge in [0.15, 0.2) is 0 Å². The number of nitrogens with zero attached hydrogens (tertiary/aromatic N) is 2. The number of ether oxygens (including phenoxy) is 2. The molecule has 3 N–H and O–H groups in total. The van der Waals surface area contributed by atoms with E-state index in [0.29, 0.717) is 18.1 Å². The number of hydrogen-bond donors (Lipinski definition) is 2. The number of allylic oxidation sites excluding steroid dienone is 1. The Morgan fingerprint density at radius 2 is 1.90 bits per heavy atom. The van der Waals surface area contributed by atoms with Gasteiger partial charge in [-0.1, -0.05) is 30.3 Å². The molecule has 0 amide bonds. The van der Waals surface area contributed by atoms with Gasteiger partial charge < -0.3 is 19.6 Å². The Morgan fingerprint density at radius 1 is 1.10 bits per heavy atom. The Morgan fingerprint density at radius 3 is 2.61 bits per heavy atom. The van der Waals surface area contributed by atoms with Gasteiger partial charge in [0.1, 0.15) is 24.0 Å². The average Bonchev–Trinajstić information content (AvgIpc) is 3.48. The molecule has 7 nitrogen and oxygen atoms in total. The van der Waals surface area contributed by atoms with Crippen molar-refractivity contribution in [2.75, 3.05) is 0 Å². The molecular formula is C24H18N4O3. The first-order valence-corrected chi connectivity index (χ1v) is 9.69. The predicted molar refractivity (Wildman–Crippen MR) is 113 cm³/mol. The molecule has 0 saturated heterocycles. The monoisotopic (exact) mass is 410 g/mol. The maximum atomic E-state index is 9.70. The molecular weight excluding hydrogens is 392 g/mol. The van der Waals surface area contributed by atoms with Crippen LogP contribution in [0.1, 0.15) is 22.6 Å². The summed E-state index contributed by atoms with van der Waals surface area (Å²) in [7, 11) is 0. The van der Waals surface area contributed by atoms with Gasteiger partial charge in [-0.3, -0.25) is 5.10 Å². The zero-order valence-corrected chi connectivity index (χ0v) is 16.4. The minimum absolute atomic E-state index is 0.0453. The summed E-state index contributed by atoms with van der Waals surface area (Å²) < 4.78 is 16.7. The van der Waals surface area contributed by atoms with Crippen molar-refractivity contribution < 1.29 is 13.9 Å². The molecule has 0 aliphatic carbocycles. The van der Waals surface area contributed by atoms with E-state index in [1.54, 1.807) is 12.5 Å². The van der Waals surface area contributed by atoms with Crippen molar-refractivity contribution >= 4 is 0 Å². The van der Waals surface area contributed by atoms with Crippen molar-refractivity contribution in [3.63, 3.8) is 0 Å². The number of furan rings is 1. The molecule has 4 aromatic rings. The Bertz CT molecular complexity index is 1270. The minimum Gasteiger partial charge on any atom is -0.489 e. The van der Waals surface area contributed by atoms with Crippen LogP contribution in [0.25, 0.3) is 11.3 Å². The van der Waals surface area contributed by atoms with Crippen molar-refractivity contribution in [2.24, 2.45) is 5.73 Å². The number of fused-ring (bicyclic) bond motifs is 1. The summed E-state index contributed by atoms with van der Waals surface area (Å²) in [6, 6.07) is 21.6. The summed E-state index contributed by atoms with van der Waals surface area (Å²) in [4.78, 5) is 0. The van der Waals surface area contributed by atoms with Crippen molar-refractivity contribution in [1.29, 1.82) is 5.26 Å². The number of hydrogen-bond acceptors (Lipinski definition) is 6. The molecule has 3 heterocycles. The quantitative estimate of drug-likeness (QED) is 0.502. The highest BCUT2D eigenvalue weighted by atomic mass is 16.5. The van der Waals surface area contributed by atoms with E-state index in [1.165, 1.54) is 0 Å². The van der Waals surface area contributed by atoms with Crippen LogP contribution in [0.2, 0.25) is 0 Å². The van der Waals surface area contributed by atoms with Gasteiger partial charge in [0.25, 0.3) is 0 Å². The van der Waals surface area contributed by atoms with Gasteiger partial charge >= 0.3 is 0 Å². The van der Waals surface area contributed by atoms with Crippen LogP contribution in [0.4, 0.5) is 0 Å². The third-order valence-electron chi connectivity index (χ3n) is 5.21. The maximum absolute atomic E-state index is 9.70. The second-order valence-electron chi connectivity index (χ2n) is 7.10. The van der Waals surface area contributed by atoms with Crippen molar-refractivity contribution in [1.82, 2.24) is 10.2 Å². The molecule has 2 aromatic heterocycles. The Labute approximate surface area is 178 Å². The molecule has 0 bridgehead atoms. The van der Waals surface area contributed by atoms with Crippen LogP contribution in [0.3, 0.4) is 0 Å². The van der Waals surface area contributed by atoms with Crippen LogP contribution >= 0.6 is 0 Å². The van der Waals surface area contributed by atoms with Crippen LogP contribution in [0, 0.1) is 11.3 Å². The molecule has 1 aliphatic rings. The highest BCUT2D eigenvalue weighted by molar-refractivity contribution is 5.71. The zero-order valence-electron chi connectivity index (χ0n) is 16.4. The normalized spacial score (nSPS) is 15.1. The van der Waals surface area contributed by atoms with Crippen LogP contribution < -0.4 is 15.2 Å². The summed E-state index contributed by atoms with van der Waals surface area (Å²) in [6.45, 7) is 0.492. The second-order valence-corrected chi connectivity index (χ2v) is 7.10. The largest absolute Gasteiger partial charge is 0.489 e. The SMILES string of the molecule is N#CC1=C(N)Oc2n[nH]c(-c3ccc(OCc4ccccc4)cc3)c2[C@H]1c1ccoc1. The van der Waals surface area contributed by atoms with Gasteiger partial charge in [-0.05, 0) is 35.9 Å². The van der Waals surface area contributed by atoms with Crippen LogP contribution in [0.15, 0.2) is 89.1 Å². The molecule has 152 valence electrons. The van der Waals surface area contributed by atoms with Gasteiger partial charge in [-0.15, -0.1) is 5.10 Å². The third-order valence-corrected chi connectivity index (χ3v) is 5.21. The number of benzene rings is 2. The maximum Gasteiger partial charge on any atom is 0.244 e. The second kappa shape index (κ2) is 7.76. The minimum atomic E-state index is -0.435. The highest BCUT2D eigenvalue weighted by Crippen LogP contribution is 2.45. The lowest BCUT2D eigenvalue weighted by Crippen LogP contribution is -2.20. The average molecular weight is 410 g/mol. The molecule has 0 unspecified atom stereocenters. The Hall–Kier alpha value is -4.44. The lowest BCUT2D eigenvalue weighted by atomic mass is 9.84. The van der Waals surface area contributed by atoms with Crippen LogP contribution in [0.5, 0.6) is 11.6 Å². The fraction of sp³-hybridized carbons (Fsp3) is 0.0833. The molecule has 1 aliphatic heterocycles. The number of nitrogens with one attached hydrogen (secondary N) is 1. The smallest absolute Gasteiger partial charge is 0.244 e. The molecule has 0 spiro atoms. The lowest BCUT2D eigenvalue weighted by molar-refractivity contribution is 0.306. The molecule has 7 heteroatoms. The molecule has 2 aromatic carbocycles. The number of rotatable bonds is 5. The summed E-state index contributed by atoms with van der Waals surface area (Å²) >= 11 is 0. The van der Waals surface area contributed by atoms with E-state index in [4.69, 9.17) is 19.6 Å². The molecule has 1 atom stereocenters. The van der Waals surface area contributed by atoms with Gasteiger partial charge in [0.05, 0.1) is 29.7 Å². The number of aromatic amines is 1.